The highest BCUT2D eigenvalue weighted by Crippen LogP contribution is 2.36. The molecule has 1 unspecified atom stereocenters. The van der Waals surface area contributed by atoms with Crippen LogP contribution in [0.25, 0.3) is 0 Å². The van der Waals surface area contributed by atoms with E-state index in [2.05, 4.69) is 11.8 Å². The van der Waals surface area contributed by atoms with Gasteiger partial charge in [-0.25, -0.2) is 22.0 Å². The van der Waals surface area contributed by atoms with Gasteiger partial charge in [-0.05, 0) is 97.2 Å². The van der Waals surface area contributed by atoms with Crippen molar-refractivity contribution in [2.75, 3.05) is 0 Å². The van der Waals surface area contributed by atoms with Crippen LogP contribution in [0.4, 0.5) is 22.0 Å². The van der Waals surface area contributed by atoms with Gasteiger partial charge >= 0.3 is 0 Å². The van der Waals surface area contributed by atoms with Crippen LogP contribution in [0.3, 0.4) is 0 Å². The number of fused-ring (bicyclic) bond motifs is 1. The molecule has 0 aromatic heterocycles. The van der Waals surface area contributed by atoms with E-state index in [1.807, 2.05) is 6.92 Å². The van der Waals surface area contributed by atoms with Gasteiger partial charge in [0.25, 0.3) is 0 Å². The quantitative estimate of drug-likeness (QED) is 0.285. The van der Waals surface area contributed by atoms with Crippen LogP contribution in [0.5, 0.6) is 0 Å². The summed E-state index contributed by atoms with van der Waals surface area (Å²) in [5, 5.41) is 0. The van der Waals surface area contributed by atoms with Crippen LogP contribution in [0, 0.1) is 40.9 Å². The molecular weight excluding hydrogens is 431 g/mol. The SMILES string of the molecule is CCCCc1cc(F)c(C2CCc3cc(C#Cc4ccc(F)c(F)c4)c(F)cc3C2)c(F)c1. The maximum Gasteiger partial charge on any atom is 0.160 e. The molecule has 0 radical (unpaired) electrons. The molecule has 3 aromatic carbocycles. The number of rotatable bonds is 4. The lowest BCUT2D eigenvalue weighted by atomic mass is 9.79. The monoisotopic (exact) mass is 454 g/mol. The smallest absolute Gasteiger partial charge is 0.160 e. The Morgan fingerprint density at radius 1 is 0.788 bits per heavy atom. The van der Waals surface area contributed by atoms with Gasteiger partial charge in [0.05, 0.1) is 5.56 Å². The van der Waals surface area contributed by atoms with Gasteiger partial charge in [0.15, 0.2) is 11.6 Å². The van der Waals surface area contributed by atoms with Crippen molar-refractivity contribution >= 4 is 0 Å². The van der Waals surface area contributed by atoms with Crippen molar-refractivity contribution in [1.29, 1.82) is 0 Å². The molecule has 0 bridgehead atoms. The molecule has 0 fully saturated rings. The highest BCUT2D eigenvalue weighted by Gasteiger charge is 2.26. The van der Waals surface area contributed by atoms with Gasteiger partial charge in [-0.3, -0.25) is 0 Å². The second-order valence-corrected chi connectivity index (χ2v) is 8.50. The number of hydrogen-bond acceptors (Lipinski definition) is 0. The maximum absolute atomic E-state index is 14.8. The fourth-order valence-corrected chi connectivity index (χ4v) is 4.39. The lowest BCUT2D eigenvalue weighted by Gasteiger charge is -2.26. The predicted molar refractivity (Wildman–Crippen MR) is 118 cm³/mol. The third-order valence-corrected chi connectivity index (χ3v) is 6.14. The van der Waals surface area contributed by atoms with E-state index in [9.17, 15) is 22.0 Å². The average molecular weight is 454 g/mol. The number of halogens is 5. The van der Waals surface area contributed by atoms with E-state index < -0.39 is 29.1 Å². The van der Waals surface area contributed by atoms with Gasteiger partial charge in [0.2, 0.25) is 0 Å². The molecule has 1 aliphatic rings. The molecule has 33 heavy (non-hydrogen) atoms. The number of hydrogen-bond donors (Lipinski definition) is 0. The van der Waals surface area contributed by atoms with Gasteiger partial charge in [0, 0.05) is 11.1 Å². The normalized spacial score (nSPS) is 15.0. The minimum atomic E-state index is -1.02. The van der Waals surface area contributed by atoms with Crippen LogP contribution in [0.15, 0.2) is 42.5 Å². The van der Waals surface area contributed by atoms with Crippen molar-refractivity contribution in [2.45, 2.75) is 51.4 Å². The molecule has 3 aromatic rings. The third kappa shape index (κ3) is 5.11. The summed E-state index contributed by atoms with van der Waals surface area (Å²) in [5.74, 6) is 1.34. The molecule has 0 spiro atoms. The van der Waals surface area contributed by atoms with E-state index >= 15 is 0 Å². The first-order valence-electron chi connectivity index (χ1n) is 11.1. The fraction of sp³-hybridized carbons (Fsp3) is 0.286. The molecule has 0 N–H and O–H groups in total. The molecule has 5 heteroatoms. The summed E-state index contributed by atoms with van der Waals surface area (Å²) in [6, 6.07) is 9.08. The average Bonchev–Trinajstić information content (AvgIpc) is 2.78. The Hall–Kier alpha value is -3.13. The van der Waals surface area contributed by atoms with Crippen LogP contribution in [-0.4, -0.2) is 0 Å². The zero-order valence-corrected chi connectivity index (χ0v) is 18.3. The Morgan fingerprint density at radius 3 is 2.24 bits per heavy atom. The van der Waals surface area contributed by atoms with Crippen LogP contribution in [0.1, 0.15) is 65.5 Å². The highest BCUT2D eigenvalue weighted by molar-refractivity contribution is 5.48. The van der Waals surface area contributed by atoms with Crippen molar-refractivity contribution in [2.24, 2.45) is 0 Å². The van der Waals surface area contributed by atoms with Crippen molar-refractivity contribution in [1.82, 2.24) is 0 Å². The molecule has 0 heterocycles. The zero-order chi connectivity index (χ0) is 23.5. The van der Waals surface area contributed by atoms with Crippen LogP contribution < -0.4 is 0 Å². The minimum Gasteiger partial charge on any atom is -0.207 e. The van der Waals surface area contributed by atoms with Gasteiger partial charge in [0.1, 0.15) is 17.5 Å². The first kappa shape index (κ1) is 23.0. The summed E-state index contributed by atoms with van der Waals surface area (Å²) in [4.78, 5) is 0. The molecule has 4 rings (SSSR count). The first-order chi connectivity index (χ1) is 15.9. The van der Waals surface area contributed by atoms with E-state index in [-0.39, 0.29) is 22.6 Å². The standard InChI is InChI=1S/C28H23F5/c1-2-3-4-18-12-26(32)28(27(33)13-18)21-9-8-19-14-20(24(30)16-22(19)15-21)7-5-17-6-10-23(29)25(31)11-17/h6,10-14,16,21H,2-4,8-9,15H2,1H3. The summed E-state index contributed by atoms with van der Waals surface area (Å²) in [5.41, 5.74) is 2.69. The first-order valence-corrected chi connectivity index (χ1v) is 11.1. The summed E-state index contributed by atoms with van der Waals surface area (Å²) >= 11 is 0. The number of aryl methyl sites for hydroxylation is 2. The molecule has 0 amide bonds. The maximum atomic E-state index is 14.8. The molecule has 170 valence electrons. The summed E-state index contributed by atoms with van der Waals surface area (Å²) < 4.78 is 70.7. The second kappa shape index (κ2) is 9.79. The van der Waals surface area contributed by atoms with Crippen molar-refractivity contribution in [3.8, 4) is 11.8 Å². The Labute approximate surface area is 190 Å². The highest BCUT2D eigenvalue weighted by atomic mass is 19.2. The Balaban J connectivity index is 1.57. The molecule has 0 saturated carbocycles. The largest absolute Gasteiger partial charge is 0.207 e. The Kier molecular flexibility index (Phi) is 6.83. The lowest BCUT2D eigenvalue weighted by molar-refractivity contribution is 0.488. The summed E-state index contributed by atoms with van der Waals surface area (Å²) in [7, 11) is 0. The van der Waals surface area contributed by atoms with E-state index in [0.717, 1.165) is 30.5 Å². The molecule has 1 atom stereocenters. The molecule has 0 aliphatic heterocycles. The van der Waals surface area contributed by atoms with Crippen LogP contribution >= 0.6 is 0 Å². The van der Waals surface area contributed by atoms with Crippen molar-refractivity contribution < 1.29 is 22.0 Å². The lowest BCUT2D eigenvalue weighted by Crippen LogP contribution is -2.16. The van der Waals surface area contributed by atoms with Gasteiger partial charge in [-0.1, -0.05) is 25.2 Å². The van der Waals surface area contributed by atoms with Crippen molar-refractivity contribution in [3.05, 3.63) is 105 Å². The van der Waals surface area contributed by atoms with Gasteiger partial charge in [-0.2, -0.15) is 0 Å². The van der Waals surface area contributed by atoms with Crippen molar-refractivity contribution in [3.63, 3.8) is 0 Å². The Morgan fingerprint density at radius 2 is 1.55 bits per heavy atom. The molecular formula is C28H23F5. The topological polar surface area (TPSA) is 0 Å². The fourth-order valence-electron chi connectivity index (χ4n) is 4.39. The van der Waals surface area contributed by atoms with E-state index in [1.54, 1.807) is 6.07 Å². The number of unbranched alkanes of at least 4 members (excludes halogenated alkanes) is 1. The van der Waals surface area contributed by atoms with E-state index in [0.29, 0.717) is 36.8 Å². The molecule has 1 aliphatic carbocycles. The van der Waals surface area contributed by atoms with Gasteiger partial charge < -0.3 is 0 Å². The summed E-state index contributed by atoms with van der Waals surface area (Å²) in [6.45, 7) is 2.03. The van der Waals surface area contributed by atoms with Crippen LogP contribution in [-0.2, 0) is 19.3 Å². The van der Waals surface area contributed by atoms with Crippen LogP contribution in [0.2, 0.25) is 0 Å². The van der Waals surface area contributed by atoms with E-state index in [4.69, 9.17) is 0 Å². The Bertz CT molecular complexity index is 1230. The number of benzene rings is 3. The van der Waals surface area contributed by atoms with E-state index in [1.165, 1.54) is 24.3 Å². The minimum absolute atomic E-state index is 0.0727. The molecule has 0 saturated heterocycles. The third-order valence-electron chi connectivity index (χ3n) is 6.14. The zero-order valence-electron chi connectivity index (χ0n) is 18.3. The predicted octanol–water partition coefficient (Wildman–Crippen LogP) is 7.40. The molecule has 0 nitrogen and oxygen atoms in total. The van der Waals surface area contributed by atoms with Gasteiger partial charge in [-0.15, -0.1) is 0 Å². The second-order valence-electron chi connectivity index (χ2n) is 8.50. The summed E-state index contributed by atoms with van der Waals surface area (Å²) in [6.07, 6.45) is 3.87.